The van der Waals surface area contributed by atoms with E-state index in [0.717, 1.165) is 6.07 Å². The van der Waals surface area contributed by atoms with Gasteiger partial charge in [-0.25, -0.2) is 36.7 Å². The Balaban J connectivity index is 1.95. The van der Waals surface area contributed by atoms with E-state index in [1.54, 1.807) is 15.7 Å². The number of aliphatic imine (C=N–C) groups is 1. The van der Waals surface area contributed by atoms with Crippen LogP contribution in [0.1, 0.15) is 18.0 Å². The van der Waals surface area contributed by atoms with Gasteiger partial charge < -0.3 is 25.4 Å². The molecule has 35 heavy (non-hydrogen) atoms. The number of nitrogens with two attached hydrogens (primary N) is 2. The van der Waals surface area contributed by atoms with Crippen molar-refractivity contribution in [1.29, 1.82) is 0 Å². The number of aliphatic hydroxyl groups excluding tert-OH is 2. The van der Waals surface area contributed by atoms with E-state index < -0.39 is 42.5 Å². The molecule has 190 valence electrons. The van der Waals surface area contributed by atoms with Crippen LogP contribution in [0, 0.1) is 0 Å². The van der Waals surface area contributed by atoms with Gasteiger partial charge in [0, 0.05) is 32.0 Å². The lowest BCUT2D eigenvalue weighted by Gasteiger charge is -2.35. The Labute approximate surface area is 201 Å². The van der Waals surface area contributed by atoms with Gasteiger partial charge in [0.05, 0.1) is 30.0 Å². The summed E-state index contributed by atoms with van der Waals surface area (Å²) in [5.41, 5.74) is 5.43. The summed E-state index contributed by atoms with van der Waals surface area (Å²) in [7, 11) is -9.12. The lowest BCUT2D eigenvalue weighted by atomic mass is 10.1. The molecule has 4 rings (SSSR count). The Bertz CT molecular complexity index is 1390. The SMILES string of the molecule is NC[C@@H](O)CNS(=O)(=O)c1ccc(N2CC[C@@H](CO)n3ccnc32)c(C2=NCN=N2)c1S(N)(=O)=O. The number of benzene rings is 1. The molecule has 0 spiro atoms. The number of azo groups is 1. The van der Waals surface area contributed by atoms with E-state index in [1.165, 1.54) is 12.3 Å². The summed E-state index contributed by atoms with van der Waals surface area (Å²) >= 11 is 0. The minimum Gasteiger partial charge on any atom is -0.394 e. The van der Waals surface area contributed by atoms with Crippen molar-refractivity contribution in [3.8, 4) is 0 Å². The van der Waals surface area contributed by atoms with Gasteiger partial charge in [-0.05, 0) is 18.6 Å². The quantitative estimate of drug-likeness (QED) is 0.252. The number of aromatic nitrogens is 2. The van der Waals surface area contributed by atoms with Crippen molar-refractivity contribution in [3.05, 3.63) is 30.1 Å². The fourth-order valence-electron chi connectivity index (χ4n) is 3.94. The normalized spacial score (nSPS) is 19.0. The number of aliphatic hydroxyl groups is 2. The second-order valence-electron chi connectivity index (χ2n) is 7.85. The number of anilines is 2. The number of nitrogens with one attached hydrogen (secondary N) is 1. The van der Waals surface area contributed by atoms with E-state index in [-0.39, 0.29) is 42.9 Å². The highest BCUT2D eigenvalue weighted by Gasteiger charge is 2.36. The first-order chi connectivity index (χ1) is 16.6. The average Bonchev–Trinajstić information content (AvgIpc) is 3.53. The topological polar surface area (TPSA) is 231 Å². The average molecular weight is 528 g/mol. The van der Waals surface area contributed by atoms with Crippen LogP contribution < -0.4 is 20.5 Å². The second kappa shape index (κ2) is 9.69. The van der Waals surface area contributed by atoms with E-state index in [2.05, 4.69) is 24.9 Å². The first-order valence-corrected chi connectivity index (χ1v) is 13.5. The van der Waals surface area contributed by atoms with Gasteiger partial charge in [-0.3, -0.25) is 0 Å². The number of rotatable bonds is 9. The summed E-state index contributed by atoms with van der Waals surface area (Å²) in [5.74, 6) is 0.303. The molecule has 0 saturated heterocycles. The van der Waals surface area contributed by atoms with Crippen LogP contribution in [-0.2, 0) is 20.0 Å². The molecule has 2 atom stereocenters. The first-order valence-electron chi connectivity index (χ1n) is 10.5. The van der Waals surface area contributed by atoms with E-state index in [0.29, 0.717) is 18.9 Å². The van der Waals surface area contributed by atoms with E-state index >= 15 is 0 Å². The van der Waals surface area contributed by atoms with Gasteiger partial charge in [-0.1, -0.05) is 0 Å². The third-order valence-corrected chi connectivity index (χ3v) is 8.19. The number of hydrogen-bond donors (Lipinski definition) is 5. The van der Waals surface area contributed by atoms with Crippen molar-refractivity contribution in [2.24, 2.45) is 26.1 Å². The molecule has 17 heteroatoms. The van der Waals surface area contributed by atoms with Crippen LogP contribution in [-0.4, -0.2) is 81.4 Å². The number of fused-ring (bicyclic) bond motifs is 1. The van der Waals surface area contributed by atoms with Crippen LogP contribution in [0.5, 0.6) is 0 Å². The first kappa shape index (κ1) is 25.3. The molecule has 3 heterocycles. The molecule has 15 nitrogen and oxygen atoms in total. The van der Waals surface area contributed by atoms with Crippen LogP contribution in [0.2, 0.25) is 0 Å². The molecule has 0 saturated carbocycles. The van der Waals surface area contributed by atoms with Crippen LogP contribution in [0.25, 0.3) is 0 Å². The number of hydrogen-bond acceptors (Lipinski definition) is 12. The highest BCUT2D eigenvalue weighted by molar-refractivity contribution is 7.92. The van der Waals surface area contributed by atoms with Gasteiger partial charge in [-0.2, -0.15) is 5.11 Å². The summed E-state index contributed by atoms with van der Waals surface area (Å²) in [6, 6.07) is 2.28. The molecule has 1 aromatic carbocycles. The molecule has 0 bridgehead atoms. The van der Waals surface area contributed by atoms with Crippen molar-refractivity contribution in [3.63, 3.8) is 0 Å². The number of primary sulfonamides is 1. The minimum absolute atomic E-state index is 0.0715. The predicted octanol–water partition coefficient (Wildman–Crippen LogP) is -1.63. The van der Waals surface area contributed by atoms with E-state index in [4.69, 9.17) is 10.9 Å². The van der Waals surface area contributed by atoms with Crippen LogP contribution >= 0.6 is 0 Å². The monoisotopic (exact) mass is 527 g/mol. The van der Waals surface area contributed by atoms with Crippen LogP contribution in [0.15, 0.2) is 49.5 Å². The molecule has 0 unspecified atom stereocenters. The Hall–Kier alpha value is -2.80. The Morgan fingerprint density at radius 3 is 2.66 bits per heavy atom. The Morgan fingerprint density at radius 2 is 2.03 bits per heavy atom. The van der Waals surface area contributed by atoms with E-state index in [9.17, 15) is 27.0 Å². The zero-order chi connectivity index (χ0) is 25.4. The van der Waals surface area contributed by atoms with Gasteiger partial charge in [0.2, 0.25) is 26.0 Å². The largest absolute Gasteiger partial charge is 0.394 e. The molecule has 2 aliphatic heterocycles. The summed E-state index contributed by atoms with van der Waals surface area (Å²) in [6.07, 6.45) is 2.54. The fraction of sp³-hybridized carbons (Fsp3) is 0.444. The van der Waals surface area contributed by atoms with Crippen molar-refractivity contribution in [2.45, 2.75) is 28.4 Å². The second-order valence-corrected chi connectivity index (χ2v) is 11.1. The number of sulfonamides is 2. The lowest BCUT2D eigenvalue weighted by molar-refractivity contribution is 0.186. The number of nitrogens with zero attached hydrogens (tertiary/aromatic N) is 6. The summed E-state index contributed by atoms with van der Waals surface area (Å²) < 4.78 is 55.7. The maximum absolute atomic E-state index is 13.1. The summed E-state index contributed by atoms with van der Waals surface area (Å²) in [4.78, 5) is 8.77. The van der Waals surface area contributed by atoms with Crippen molar-refractivity contribution >= 4 is 37.5 Å². The molecule has 0 radical (unpaired) electrons. The summed E-state index contributed by atoms with van der Waals surface area (Å²) in [6.45, 7) is -0.505. The molecule has 1 aromatic heterocycles. The smallest absolute Gasteiger partial charge is 0.242 e. The zero-order valence-corrected chi connectivity index (χ0v) is 20.0. The molecular weight excluding hydrogens is 502 g/mol. The third-order valence-electron chi connectivity index (χ3n) is 5.60. The van der Waals surface area contributed by atoms with Crippen LogP contribution in [0.4, 0.5) is 11.6 Å². The molecular formula is C18H25N9O6S2. The standard InChI is InChI=1S/C18H25N9O6S2/c19-7-12(29)8-24-35(32,33)14-2-1-13(15(16(14)34(20,30)31)17-22-10-23-25-17)27-5-3-11(9-28)26-6-4-21-18(26)27/h1-2,4,6,11-12,24,28-29H,3,5,7-10,19H2,(H2,20,30,31)/t11-,12+/m0/s1. The fourth-order valence-corrected chi connectivity index (χ4v) is 6.60. The van der Waals surface area contributed by atoms with E-state index in [1.807, 2.05) is 0 Å². The highest BCUT2D eigenvalue weighted by atomic mass is 32.2. The Kier molecular flexibility index (Phi) is 7.00. The zero-order valence-electron chi connectivity index (χ0n) is 18.4. The van der Waals surface area contributed by atoms with Gasteiger partial charge in [-0.15, -0.1) is 5.11 Å². The minimum atomic E-state index is -4.65. The van der Waals surface area contributed by atoms with Crippen molar-refractivity contribution in [2.75, 3.05) is 37.8 Å². The highest BCUT2D eigenvalue weighted by Crippen LogP contribution is 2.39. The molecule has 2 aromatic rings. The van der Waals surface area contributed by atoms with Gasteiger partial charge >= 0.3 is 0 Å². The van der Waals surface area contributed by atoms with Crippen LogP contribution in [0.3, 0.4) is 0 Å². The third kappa shape index (κ3) is 4.83. The van der Waals surface area contributed by atoms with Gasteiger partial charge in [0.1, 0.15) is 9.79 Å². The van der Waals surface area contributed by atoms with Crippen molar-refractivity contribution in [1.82, 2.24) is 14.3 Å². The molecule has 0 aliphatic carbocycles. The Morgan fingerprint density at radius 1 is 1.26 bits per heavy atom. The number of amidine groups is 1. The molecule has 0 fully saturated rings. The molecule has 2 aliphatic rings. The summed E-state index contributed by atoms with van der Waals surface area (Å²) in [5, 5.41) is 32.6. The lowest BCUT2D eigenvalue weighted by Crippen LogP contribution is -2.37. The maximum Gasteiger partial charge on any atom is 0.242 e. The van der Waals surface area contributed by atoms with Gasteiger partial charge in [0.15, 0.2) is 12.5 Å². The maximum atomic E-state index is 13.1. The molecule has 7 N–H and O–H groups in total. The predicted molar refractivity (Wildman–Crippen MR) is 124 cm³/mol. The number of imidazole rings is 1. The van der Waals surface area contributed by atoms with Crippen molar-refractivity contribution < 1.29 is 27.0 Å². The molecule has 0 amide bonds. The van der Waals surface area contributed by atoms with Gasteiger partial charge in [0.25, 0.3) is 0 Å².